The van der Waals surface area contributed by atoms with Crippen molar-refractivity contribution >= 4 is 10.0 Å². The van der Waals surface area contributed by atoms with Crippen LogP contribution >= 0.6 is 0 Å². The van der Waals surface area contributed by atoms with E-state index in [2.05, 4.69) is 53.1 Å². The lowest BCUT2D eigenvalue weighted by Gasteiger charge is -2.37. The van der Waals surface area contributed by atoms with Crippen LogP contribution in [0, 0.1) is 17.8 Å². The summed E-state index contributed by atoms with van der Waals surface area (Å²) in [5.74, 6) is 5.64. The number of hydrogen-bond donors (Lipinski definition) is 2. The Labute approximate surface area is 238 Å². The molecule has 4 rings (SSSR count). The number of benzene rings is 3. The van der Waals surface area contributed by atoms with E-state index in [0.717, 1.165) is 11.1 Å². The highest BCUT2D eigenvalue weighted by Crippen LogP contribution is 2.34. The number of aliphatic hydroxyl groups excluding tert-OH is 2. The molecule has 0 saturated carbocycles. The van der Waals surface area contributed by atoms with Gasteiger partial charge in [-0.1, -0.05) is 73.4 Å². The number of fused-ring (bicyclic) bond motifs is 1. The lowest BCUT2D eigenvalue weighted by atomic mass is 10.0. The van der Waals surface area contributed by atoms with E-state index in [0.29, 0.717) is 18.7 Å². The van der Waals surface area contributed by atoms with Gasteiger partial charge in [0.15, 0.2) is 0 Å². The van der Waals surface area contributed by atoms with E-state index in [1.54, 1.807) is 26.0 Å². The SMILES string of the molecule is C[C@H](CO)N1C[C@H](C)[C@H](CN(C)Cc2ccc(-c3ccccc3)cc2)Oc2cc(C#C[C@@H](C)O)ccc2S1(=O)=O. The van der Waals surface area contributed by atoms with Crippen LogP contribution in [0.15, 0.2) is 77.7 Å². The number of hydrogen-bond acceptors (Lipinski definition) is 6. The van der Waals surface area contributed by atoms with Gasteiger partial charge in [-0.3, -0.25) is 4.90 Å². The Morgan fingerprint density at radius 3 is 2.38 bits per heavy atom. The van der Waals surface area contributed by atoms with Gasteiger partial charge in [0, 0.05) is 37.2 Å². The highest BCUT2D eigenvalue weighted by molar-refractivity contribution is 7.89. The third-order valence-corrected chi connectivity index (χ3v) is 9.12. The number of rotatable bonds is 7. The molecule has 7 nitrogen and oxygen atoms in total. The maximum absolute atomic E-state index is 13.6. The van der Waals surface area contributed by atoms with Crippen LogP contribution in [0.2, 0.25) is 0 Å². The number of likely N-dealkylation sites (N-methyl/N-ethyl adjacent to an activating group) is 1. The van der Waals surface area contributed by atoms with Crippen molar-refractivity contribution in [1.29, 1.82) is 0 Å². The van der Waals surface area contributed by atoms with Gasteiger partial charge in [-0.25, -0.2) is 8.42 Å². The normalized spacial score (nSPS) is 20.3. The molecule has 0 saturated heterocycles. The Morgan fingerprint density at radius 1 is 1.05 bits per heavy atom. The van der Waals surface area contributed by atoms with Crippen LogP contribution in [-0.4, -0.2) is 72.8 Å². The van der Waals surface area contributed by atoms with Gasteiger partial charge in [-0.15, -0.1) is 0 Å². The fourth-order valence-corrected chi connectivity index (χ4v) is 6.65. The molecule has 1 aliphatic rings. The van der Waals surface area contributed by atoms with Crippen molar-refractivity contribution < 1.29 is 23.4 Å². The van der Waals surface area contributed by atoms with Crippen molar-refractivity contribution in [2.24, 2.45) is 5.92 Å². The fourth-order valence-electron chi connectivity index (χ4n) is 4.83. The summed E-state index contributed by atoms with van der Waals surface area (Å²) in [5.41, 5.74) is 4.05. The molecule has 3 aromatic carbocycles. The zero-order valence-electron chi connectivity index (χ0n) is 23.5. The monoisotopic (exact) mass is 562 g/mol. The Kier molecular flexibility index (Phi) is 9.67. The second-order valence-electron chi connectivity index (χ2n) is 10.6. The van der Waals surface area contributed by atoms with Crippen LogP contribution in [0.1, 0.15) is 31.9 Å². The smallest absolute Gasteiger partial charge is 0.247 e. The van der Waals surface area contributed by atoms with Crippen molar-refractivity contribution in [2.75, 3.05) is 26.7 Å². The molecule has 1 heterocycles. The number of nitrogens with zero attached hydrogens (tertiary/aromatic N) is 2. The molecule has 212 valence electrons. The molecule has 3 aromatic rings. The van der Waals surface area contributed by atoms with Crippen molar-refractivity contribution in [3.8, 4) is 28.7 Å². The van der Waals surface area contributed by atoms with Crippen LogP contribution in [0.4, 0.5) is 0 Å². The minimum Gasteiger partial charge on any atom is -0.487 e. The summed E-state index contributed by atoms with van der Waals surface area (Å²) in [6.45, 7) is 6.44. The first kappa shape index (κ1) is 29.8. The van der Waals surface area contributed by atoms with Crippen molar-refractivity contribution in [1.82, 2.24) is 9.21 Å². The fraction of sp³-hybridized carbons (Fsp3) is 0.375. The lowest BCUT2D eigenvalue weighted by molar-refractivity contribution is 0.0733. The molecule has 0 radical (unpaired) electrons. The molecule has 0 bridgehead atoms. The molecule has 40 heavy (non-hydrogen) atoms. The predicted molar refractivity (Wildman–Crippen MR) is 157 cm³/mol. The van der Waals surface area contributed by atoms with E-state index in [1.807, 2.05) is 32.2 Å². The highest BCUT2D eigenvalue weighted by Gasteiger charge is 2.38. The number of ether oxygens (including phenoxy) is 1. The maximum atomic E-state index is 13.6. The topological polar surface area (TPSA) is 90.3 Å². The van der Waals surface area contributed by atoms with Gasteiger partial charge in [0.05, 0.1) is 6.61 Å². The average molecular weight is 563 g/mol. The first-order valence-corrected chi connectivity index (χ1v) is 15.0. The Bertz CT molecular complexity index is 1450. The van der Waals surface area contributed by atoms with Gasteiger partial charge in [-0.2, -0.15) is 4.31 Å². The second-order valence-corrected chi connectivity index (χ2v) is 12.5. The molecule has 2 N–H and O–H groups in total. The zero-order chi connectivity index (χ0) is 28.9. The Balaban J connectivity index is 1.59. The summed E-state index contributed by atoms with van der Waals surface area (Å²) in [5, 5.41) is 19.4. The minimum atomic E-state index is -3.93. The quantitative estimate of drug-likeness (QED) is 0.424. The van der Waals surface area contributed by atoms with Crippen LogP contribution in [0.3, 0.4) is 0 Å². The molecular formula is C32H38N2O5S. The molecule has 4 atom stereocenters. The van der Waals surface area contributed by atoms with E-state index in [4.69, 9.17) is 4.74 Å². The van der Waals surface area contributed by atoms with E-state index >= 15 is 0 Å². The van der Waals surface area contributed by atoms with Crippen molar-refractivity contribution in [3.63, 3.8) is 0 Å². The summed E-state index contributed by atoms with van der Waals surface area (Å²) < 4.78 is 35.1. The van der Waals surface area contributed by atoms with Gasteiger partial charge in [0.1, 0.15) is 22.9 Å². The summed E-state index contributed by atoms with van der Waals surface area (Å²) in [7, 11) is -1.90. The van der Waals surface area contributed by atoms with Crippen LogP contribution < -0.4 is 4.74 Å². The first-order chi connectivity index (χ1) is 19.1. The summed E-state index contributed by atoms with van der Waals surface area (Å²) in [4.78, 5) is 2.22. The number of aliphatic hydroxyl groups is 2. The third-order valence-electron chi connectivity index (χ3n) is 7.10. The zero-order valence-corrected chi connectivity index (χ0v) is 24.3. The second kappa shape index (κ2) is 13.0. The van der Waals surface area contributed by atoms with Gasteiger partial charge in [0.25, 0.3) is 0 Å². The van der Waals surface area contributed by atoms with Gasteiger partial charge in [-0.05, 0) is 55.8 Å². The average Bonchev–Trinajstić information content (AvgIpc) is 2.94. The number of sulfonamides is 1. The minimum absolute atomic E-state index is 0.0476. The molecule has 0 aliphatic carbocycles. The molecular weight excluding hydrogens is 524 g/mol. The Morgan fingerprint density at radius 2 is 1.73 bits per heavy atom. The van der Waals surface area contributed by atoms with E-state index in [1.165, 1.54) is 15.9 Å². The van der Waals surface area contributed by atoms with Crippen molar-refractivity contribution in [3.05, 3.63) is 83.9 Å². The molecule has 0 aromatic heterocycles. The first-order valence-electron chi connectivity index (χ1n) is 13.5. The van der Waals surface area contributed by atoms with Crippen LogP contribution in [0.5, 0.6) is 5.75 Å². The molecule has 0 fully saturated rings. The highest BCUT2D eigenvalue weighted by atomic mass is 32.2. The third kappa shape index (κ3) is 7.11. The van der Waals surface area contributed by atoms with Crippen molar-refractivity contribution in [2.45, 2.75) is 50.5 Å². The molecule has 0 amide bonds. The van der Waals surface area contributed by atoms with Gasteiger partial charge in [0.2, 0.25) is 10.0 Å². The van der Waals surface area contributed by atoms with Crippen LogP contribution in [-0.2, 0) is 16.6 Å². The lowest BCUT2D eigenvalue weighted by Crippen LogP contribution is -2.49. The Hall–Kier alpha value is -3.19. The molecule has 8 heteroatoms. The largest absolute Gasteiger partial charge is 0.487 e. The summed E-state index contributed by atoms with van der Waals surface area (Å²) in [6.07, 6.45) is -1.13. The van der Waals surface area contributed by atoms with E-state index in [-0.39, 0.29) is 35.8 Å². The summed E-state index contributed by atoms with van der Waals surface area (Å²) >= 11 is 0. The van der Waals surface area contributed by atoms with Gasteiger partial charge >= 0.3 is 0 Å². The molecule has 0 spiro atoms. The molecule has 1 aliphatic heterocycles. The van der Waals surface area contributed by atoms with E-state index < -0.39 is 22.2 Å². The summed E-state index contributed by atoms with van der Waals surface area (Å²) in [6, 6.07) is 22.9. The maximum Gasteiger partial charge on any atom is 0.247 e. The van der Waals surface area contributed by atoms with E-state index in [9.17, 15) is 18.6 Å². The predicted octanol–water partition coefficient (Wildman–Crippen LogP) is 3.99. The van der Waals surface area contributed by atoms with Gasteiger partial charge < -0.3 is 14.9 Å². The standard InChI is InChI=1S/C32H38N2O5S/c1-23-19-34(24(2)22-35)40(37,38)32-17-14-26(11-10-25(3)36)18-30(32)39-31(23)21-33(4)20-27-12-15-29(16-13-27)28-8-6-5-7-9-28/h5-9,12-18,23-25,31,35-36H,19-22H2,1-4H3/t23-,24+,25+,31-/m0/s1. The van der Waals surface area contributed by atoms with Crippen LogP contribution in [0.25, 0.3) is 11.1 Å². The molecule has 0 unspecified atom stereocenters.